The molecule has 0 spiro atoms. The fourth-order valence-electron chi connectivity index (χ4n) is 5.15. The Kier molecular flexibility index (Phi) is 7.98. The van der Waals surface area contributed by atoms with Crippen LogP contribution in [0.3, 0.4) is 0 Å². The molecule has 1 saturated heterocycles. The molecule has 0 aliphatic carbocycles. The molecule has 2 aliphatic rings. The van der Waals surface area contributed by atoms with Gasteiger partial charge < -0.3 is 10.1 Å². The Hall–Kier alpha value is -3.11. The molecule has 0 bridgehead atoms. The number of thioether (sulfide) groups is 1. The maximum atomic E-state index is 13.8. The molecule has 1 N–H and O–H groups in total. The van der Waals surface area contributed by atoms with E-state index >= 15 is 0 Å². The Labute approximate surface area is 246 Å². The van der Waals surface area contributed by atoms with Crippen LogP contribution in [0.1, 0.15) is 34.8 Å². The van der Waals surface area contributed by atoms with Crippen molar-refractivity contribution in [3.63, 3.8) is 0 Å². The fourth-order valence-corrected chi connectivity index (χ4v) is 7.26. The van der Waals surface area contributed by atoms with E-state index in [1.165, 1.54) is 11.8 Å². The summed E-state index contributed by atoms with van der Waals surface area (Å²) in [5.74, 6) is 0.451. The molecule has 4 aromatic rings. The third kappa shape index (κ3) is 5.56. The molecule has 2 aromatic heterocycles. The van der Waals surface area contributed by atoms with E-state index < -0.39 is 0 Å². The summed E-state index contributed by atoms with van der Waals surface area (Å²) in [6, 6.07) is 19.8. The topological polar surface area (TPSA) is 76.5 Å². The number of aryl methyl sites for hydroxylation is 1. The average molecular weight is 593 g/mol. The predicted molar refractivity (Wildman–Crippen MR) is 162 cm³/mol. The highest BCUT2D eigenvalue weighted by Gasteiger charge is 2.38. The van der Waals surface area contributed by atoms with Crippen LogP contribution < -0.4 is 10.2 Å². The van der Waals surface area contributed by atoms with E-state index in [1.54, 1.807) is 16.2 Å². The van der Waals surface area contributed by atoms with E-state index in [4.69, 9.17) is 21.4 Å². The van der Waals surface area contributed by atoms with Crippen molar-refractivity contribution in [3.05, 3.63) is 87.8 Å². The van der Waals surface area contributed by atoms with Crippen LogP contribution in [0.15, 0.2) is 66.0 Å². The summed E-state index contributed by atoms with van der Waals surface area (Å²) in [6.07, 6.45) is 1.94. The van der Waals surface area contributed by atoms with Gasteiger partial charge in [-0.05, 0) is 61.0 Å². The van der Waals surface area contributed by atoms with Crippen LogP contribution in [0.5, 0.6) is 0 Å². The number of thiophene rings is 1. The van der Waals surface area contributed by atoms with Crippen molar-refractivity contribution in [2.75, 3.05) is 30.3 Å². The fraction of sp³-hybridized carbons (Fsp3) is 0.300. The van der Waals surface area contributed by atoms with Crippen LogP contribution in [0.2, 0.25) is 5.02 Å². The standard InChI is InChI=1S/C30H29ClN4O3S2/c1-19-9-11-22(12-10-19)35-30-27(28(33-35)24-8-4-14-39-24)29(20-5-2-6-21(31)15-20)40-18-26(37)34(30)17-25(36)32-16-23-7-3-13-38-23/h2,4-6,8-12,14-15,23,29H,3,7,13,16-18H2,1H3,(H,32,36)/t23-,29-/m1/s1. The lowest BCUT2D eigenvalue weighted by molar-refractivity contribution is -0.123. The minimum atomic E-state index is -0.227. The normalized spacial score (nSPS) is 18.9. The van der Waals surface area contributed by atoms with Crippen molar-refractivity contribution < 1.29 is 14.3 Å². The second-order valence-electron chi connectivity index (χ2n) is 9.98. The van der Waals surface area contributed by atoms with E-state index in [-0.39, 0.29) is 35.5 Å². The van der Waals surface area contributed by atoms with Gasteiger partial charge in [-0.15, -0.1) is 23.1 Å². The molecule has 10 heteroatoms. The van der Waals surface area contributed by atoms with Crippen molar-refractivity contribution in [1.29, 1.82) is 0 Å². The van der Waals surface area contributed by atoms with Crippen LogP contribution in [0.25, 0.3) is 16.3 Å². The van der Waals surface area contributed by atoms with Gasteiger partial charge in [0.2, 0.25) is 11.8 Å². The molecule has 6 rings (SSSR count). The summed E-state index contributed by atoms with van der Waals surface area (Å²) >= 11 is 9.56. The van der Waals surface area contributed by atoms with Crippen molar-refractivity contribution in [2.45, 2.75) is 31.1 Å². The number of fused-ring (bicyclic) bond motifs is 1. The molecule has 0 radical (unpaired) electrons. The zero-order valence-electron chi connectivity index (χ0n) is 22.0. The Morgan fingerprint density at radius 3 is 2.75 bits per heavy atom. The zero-order valence-corrected chi connectivity index (χ0v) is 24.4. The van der Waals surface area contributed by atoms with E-state index in [0.29, 0.717) is 17.4 Å². The van der Waals surface area contributed by atoms with Crippen molar-refractivity contribution in [2.24, 2.45) is 0 Å². The lowest BCUT2D eigenvalue weighted by Gasteiger charge is -2.23. The minimum Gasteiger partial charge on any atom is -0.376 e. The molecule has 4 heterocycles. The van der Waals surface area contributed by atoms with Gasteiger partial charge in [-0.3, -0.25) is 14.5 Å². The Bertz CT molecular complexity index is 1510. The number of anilines is 1. The van der Waals surface area contributed by atoms with Crippen molar-refractivity contribution >= 4 is 52.3 Å². The largest absolute Gasteiger partial charge is 0.376 e. The third-order valence-corrected chi connectivity index (χ3v) is 9.49. The first-order chi connectivity index (χ1) is 19.5. The molecule has 206 valence electrons. The second-order valence-corrected chi connectivity index (χ2v) is 12.5. The molecule has 1 fully saturated rings. The van der Waals surface area contributed by atoms with Gasteiger partial charge in [0.05, 0.1) is 27.7 Å². The number of nitrogens with one attached hydrogen (secondary N) is 1. The van der Waals surface area contributed by atoms with E-state index in [2.05, 4.69) is 5.32 Å². The number of benzene rings is 2. The van der Waals surface area contributed by atoms with Crippen molar-refractivity contribution in [1.82, 2.24) is 15.1 Å². The first-order valence-electron chi connectivity index (χ1n) is 13.3. The lowest BCUT2D eigenvalue weighted by atomic mass is 10.0. The van der Waals surface area contributed by atoms with Crippen LogP contribution in [-0.2, 0) is 14.3 Å². The van der Waals surface area contributed by atoms with Crippen LogP contribution in [-0.4, -0.2) is 53.1 Å². The molecule has 2 aromatic carbocycles. The first-order valence-corrected chi connectivity index (χ1v) is 15.6. The average Bonchev–Trinajstić information content (AvgIpc) is 3.72. The zero-order chi connectivity index (χ0) is 27.6. The van der Waals surface area contributed by atoms with Gasteiger partial charge in [-0.1, -0.05) is 47.5 Å². The molecule has 0 saturated carbocycles. The predicted octanol–water partition coefficient (Wildman–Crippen LogP) is 6.03. The van der Waals surface area contributed by atoms with Crippen LogP contribution in [0, 0.1) is 6.92 Å². The number of hydrogen-bond acceptors (Lipinski definition) is 6. The van der Waals surface area contributed by atoms with Crippen LogP contribution in [0.4, 0.5) is 5.82 Å². The minimum absolute atomic E-state index is 0.0191. The molecule has 7 nitrogen and oxygen atoms in total. The summed E-state index contributed by atoms with van der Waals surface area (Å²) in [5.41, 5.74) is 4.61. The Morgan fingerprint density at radius 1 is 1.18 bits per heavy atom. The van der Waals surface area contributed by atoms with Gasteiger partial charge in [0.25, 0.3) is 0 Å². The van der Waals surface area contributed by atoms with Gasteiger partial charge in [0, 0.05) is 23.7 Å². The number of amides is 2. The SMILES string of the molecule is Cc1ccc(-n2nc(-c3cccs3)c3c2N(CC(=O)NC[C@H]2CCCO2)C(=O)CS[C@@H]3c2cccc(Cl)c2)cc1. The summed E-state index contributed by atoms with van der Waals surface area (Å²) < 4.78 is 7.49. The smallest absolute Gasteiger partial charge is 0.240 e. The Balaban J connectivity index is 1.50. The summed E-state index contributed by atoms with van der Waals surface area (Å²) in [7, 11) is 0. The monoisotopic (exact) mass is 592 g/mol. The maximum absolute atomic E-state index is 13.8. The van der Waals surface area contributed by atoms with E-state index in [0.717, 1.165) is 52.4 Å². The highest BCUT2D eigenvalue weighted by atomic mass is 35.5. The second kappa shape index (κ2) is 11.8. The van der Waals surface area contributed by atoms with Gasteiger partial charge in [-0.2, -0.15) is 5.10 Å². The molecule has 2 atom stereocenters. The van der Waals surface area contributed by atoms with E-state index in [1.807, 2.05) is 77.6 Å². The van der Waals surface area contributed by atoms with Crippen molar-refractivity contribution in [3.8, 4) is 16.3 Å². The highest BCUT2D eigenvalue weighted by molar-refractivity contribution is 8.00. The summed E-state index contributed by atoms with van der Waals surface area (Å²) in [5, 5.41) is 10.5. The number of nitrogens with zero attached hydrogens (tertiary/aromatic N) is 3. The molecule has 0 unspecified atom stereocenters. The van der Waals surface area contributed by atoms with Gasteiger partial charge in [0.15, 0.2) is 0 Å². The Morgan fingerprint density at radius 2 is 2.02 bits per heavy atom. The number of hydrogen-bond donors (Lipinski definition) is 1. The number of ether oxygens (including phenoxy) is 1. The molecule has 2 amide bonds. The number of carbonyl (C=O) groups is 2. The quantitative estimate of drug-likeness (QED) is 0.284. The van der Waals surface area contributed by atoms with Gasteiger partial charge >= 0.3 is 0 Å². The number of halogens is 1. The third-order valence-electron chi connectivity index (χ3n) is 7.13. The summed E-state index contributed by atoms with van der Waals surface area (Å²) in [6.45, 7) is 3.08. The molecule has 2 aliphatic heterocycles. The first kappa shape index (κ1) is 27.1. The number of rotatable bonds is 7. The van der Waals surface area contributed by atoms with Gasteiger partial charge in [-0.25, -0.2) is 4.68 Å². The highest BCUT2D eigenvalue weighted by Crippen LogP contribution is 2.49. The lowest BCUT2D eigenvalue weighted by Crippen LogP contribution is -2.44. The van der Waals surface area contributed by atoms with Crippen LogP contribution >= 0.6 is 34.7 Å². The number of aromatic nitrogens is 2. The molecular formula is C30H29ClN4O3S2. The van der Waals surface area contributed by atoms with Gasteiger partial charge in [0.1, 0.15) is 18.1 Å². The molecule has 40 heavy (non-hydrogen) atoms. The molecular weight excluding hydrogens is 564 g/mol. The summed E-state index contributed by atoms with van der Waals surface area (Å²) in [4.78, 5) is 29.6. The maximum Gasteiger partial charge on any atom is 0.240 e. The number of carbonyl (C=O) groups excluding carboxylic acids is 2. The van der Waals surface area contributed by atoms with E-state index in [9.17, 15) is 9.59 Å².